The molecule has 1 atom stereocenters. The van der Waals surface area contributed by atoms with Crippen LogP contribution in [0.2, 0.25) is 0 Å². The first-order chi connectivity index (χ1) is 15.2. The fourth-order valence-corrected chi connectivity index (χ4v) is 4.57. The number of urea groups is 1. The second-order valence-electron chi connectivity index (χ2n) is 8.16. The van der Waals surface area contributed by atoms with E-state index < -0.39 is 35.1 Å². The highest BCUT2D eigenvalue weighted by Gasteiger charge is 2.52. The van der Waals surface area contributed by atoms with Crippen molar-refractivity contribution in [2.75, 3.05) is 6.54 Å². The highest BCUT2D eigenvalue weighted by Crippen LogP contribution is 2.36. The molecule has 1 unspecified atom stereocenters. The van der Waals surface area contributed by atoms with Crippen LogP contribution in [0, 0.1) is 5.92 Å². The van der Waals surface area contributed by atoms with Crippen molar-refractivity contribution < 1.29 is 27.6 Å². The second-order valence-corrected chi connectivity index (χ2v) is 8.16. The molecule has 6 nitrogen and oxygen atoms in total. The van der Waals surface area contributed by atoms with Gasteiger partial charge in [0.25, 0.3) is 11.8 Å². The molecule has 2 fully saturated rings. The van der Waals surface area contributed by atoms with Crippen molar-refractivity contribution in [1.29, 1.82) is 0 Å². The fraction of sp³-hybridized carbons (Fsp3) is 0.348. The van der Waals surface area contributed by atoms with Gasteiger partial charge in [0, 0.05) is 5.56 Å². The Kier molecular flexibility index (Phi) is 5.66. The standard InChI is InChI=1S/C23H22F3N3O3/c24-23(25,26)16-11-9-14(10-12-16)17-7-3-4-8-18(17)19(30)27-13-22(15-5-1-2-6-15)20(31)28-21(32)29-22/h3-4,7-12,15H,1-2,5-6,13H2,(H,27,30)(H2,28,29,31,32). The summed E-state index contributed by atoms with van der Waals surface area (Å²) >= 11 is 0. The number of benzene rings is 2. The van der Waals surface area contributed by atoms with Crippen molar-refractivity contribution in [2.45, 2.75) is 37.4 Å². The van der Waals surface area contributed by atoms with E-state index in [4.69, 9.17) is 0 Å². The van der Waals surface area contributed by atoms with Crippen LogP contribution in [-0.4, -0.2) is 29.9 Å². The lowest BCUT2D eigenvalue weighted by molar-refractivity contribution is -0.137. The molecule has 0 aromatic heterocycles. The fourth-order valence-electron chi connectivity index (χ4n) is 4.57. The molecule has 4 amide bonds. The number of carbonyl (C=O) groups is 3. The first-order valence-electron chi connectivity index (χ1n) is 10.4. The lowest BCUT2D eigenvalue weighted by Crippen LogP contribution is -2.59. The Labute approximate surface area is 182 Å². The van der Waals surface area contributed by atoms with E-state index >= 15 is 0 Å². The maximum atomic E-state index is 13.0. The number of halogens is 3. The van der Waals surface area contributed by atoms with E-state index in [1.165, 1.54) is 12.1 Å². The largest absolute Gasteiger partial charge is 0.416 e. The minimum absolute atomic E-state index is 0.0740. The van der Waals surface area contributed by atoms with Crippen molar-refractivity contribution in [1.82, 2.24) is 16.0 Å². The molecule has 2 aromatic rings. The Balaban J connectivity index is 1.57. The highest BCUT2D eigenvalue weighted by molar-refractivity contribution is 6.08. The topological polar surface area (TPSA) is 87.3 Å². The van der Waals surface area contributed by atoms with Gasteiger partial charge in [-0.05, 0) is 48.1 Å². The van der Waals surface area contributed by atoms with Crippen molar-refractivity contribution in [2.24, 2.45) is 5.92 Å². The quantitative estimate of drug-likeness (QED) is 0.611. The van der Waals surface area contributed by atoms with Crippen molar-refractivity contribution >= 4 is 17.8 Å². The number of hydrogen-bond acceptors (Lipinski definition) is 3. The van der Waals surface area contributed by atoms with Gasteiger partial charge in [-0.15, -0.1) is 0 Å². The number of nitrogens with one attached hydrogen (secondary N) is 3. The molecule has 1 aliphatic carbocycles. The lowest BCUT2D eigenvalue weighted by Gasteiger charge is -2.32. The molecule has 1 saturated heterocycles. The van der Waals surface area contributed by atoms with Gasteiger partial charge in [0.05, 0.1) is 12.1 Å². The summed E-state index contributed by atoms with van der Waals surface area (Å²) in [6.45, 7) is -0.0740. The molecule has 168 valence electrons. The van der Waals surface area contributed by atoms with Gasteiger partial charge in [-0.3, -0.25) is 14.9 Å². The Bertz CT molecular complexity index is 1050. The normalized spacial score (nSPS) is 21.3. The molecule has 4 rings (SSSR count). The summed E-state index contributed by atoms with van der Waals surface area (Å²) in [4.78, 5) is 37.5. The first kappa shape index (κ1) is 21.9. The summed E-state index contributed by atoms with van der Waals surface area (Å²) in [7, 11) is 0. The predicted octanol–water partition coefficient (Wildman–Crippen LogP) is 3.87. The van der Waals surface area contributed by atoms with E-state index in [1.54, 1.807) is 24.3 Å². The van der Waals surface area contributed by atoms with Crippen LogP contribution >= 0.6 is 0 Å². The van der Waals surface area contributed by atoms with Gasteiger partial charge in [0.2, 0.25) is 0 Å². The molecule has 1 saturated carbocycles. The predicted molar refractivity (Wildman–Crippen MR) is 111 cm³/mol. The van der Waals surface area contributed by atoms with Gasteiger partial charge in [0.15, 0.2) is 0 Å². The third-order valence-corrected chi connectivity index (χ3v) is 6.24. The van der Waals surface area contributed by atoms with Gasteiger partial charge in [-0.1, -0.05) is 43.2 Å². The summed E-state index contributed by atoms with van der Waals surface area (Å²) in [6, 6.07) is 10.6. The maximum Gasteiger partial charge on any atom is 0.416 e. The van der Waals surface area contributed by atoms with Crippen LogP contribution in [0.3, 0.4) is 0 Å². The van der Waals surface area contributed by atoms with Crippen LogP contribution in [0.25, 0.3) is 11.1 Å². The smallest absolute Gasteiger partial charge is 0.349 e. The zero-order valence-corrected chi connectivity index (χ0v) is 17.1. The van der Waals surface area contributed by atoms with Gasteiger partial charge in [-0.25, -0.2) is 4.79 Å². The molecular weight excluding hydrogens is 423 g/mol. The molecule has 32 heavy (non-hydrogen) atoms. The van der Waals surface area contributed by atoms with E-state index in [0.29, 0.717) is 11.1 Å². The lowest BCUT2D eigenvalue weighted by atomic mass is 9.82. The molecule has 9 heteroatoms. The van der Waals surface area contributed by atoms with Crippen LogP contribution < -0.4 is 16.0 Å². The average molecular weight is 445 g/mol. The number of rotatable bonds is 5. The minimum atomic E-state index is -4.45. The van der Waals surface area contributed by atoms with Crippen LogP contribution in [0.15, 0.2) is 48.5 Å². The van der Waals surface area contributed by atoms with Crippen molar-refractivity contribution in [3.63, 3.8) is 0 Å². The van der Waals surface area contributed by atoms with Crippen LogP contribution in [0.4, 0.5) is 18.0 Å². The summed E-state index contributed by atoms with van der Waals surface area (Å²) < 4.78 is 38.6. The molecule has 0 radical (unpaired) electrons. The number of imide groups is 1. The number of carbonyl (C=O) groups excluding carboxylic acids is 3. The molecule has 2 aliphatic rings. The monoisotopic (exact) mass is 445 g/mol. The van der Waals surface area contributed by atoms with E-state index in [0.717, 1.165) is 37.8 Å². The first-order valence-corrected chi connectivity index (χ1v) is 10.4. The van der Waals surface area contributed by atoms with Gasteiger partial charge in [-0.2, -0.15) is 13.2 Å². The van der Waals surface area contributed by atoms with Crippen molar-refractivity contribution in [3.8, 4) is 11.1 Å². The zero-order valence-electron chi connectivity index (χ0n) is 17.1. The minimum Gasteiger partial charge on any atom is -0.349 e. The number of amides is 4. The second kappa shape index (κ2) is 8.29. The van der Waals surface area contributed by atoms with E-state index in [-0.39, 0.29) is 18.0 Å². The van der Waals surface area contributed by atoms with Gasteiger partial charge >= 0.3 is 12.2 Å². The Hall–Kier alpha value is -3.36. The number of alkyl halides is 3. The van der Waals surface area contributed by atoms with E-state index in [9.17, 15) is 27.6 Å². The third-order valence-electron chi connectivity index (χ3n) is 6.24. The Morgan fingerprint density at radius 3 is 2.28 bits per heavy atom. The zero-order chi connectivity index (χ0) is 22.9. The molecule has 0 spiro atoms. The number of hydrogen-bond donors (Lipinski definition) is 3. The summed E-state index contributed by atoms with van der Waals surface area (Å²) in [5, 5.41) is 7.74. The Morgan fingerprint density at radius 2 is 1.69 bits per heavy atom. The van der Waals surface area contributed by atoms with Crippen LogP contribution in [0.1, 0.15) is 41.6 Å². The SMILES string of the molecule is O=C1NC(=O)C(CNC(=O)c2ccccc2-c2ccc(C(F)(F)F)cc2)(C2CCCC2)N1. The van der Waals surface area contributed by atoms with Crippen molar-refractivity contribution in [3.05, 3.63) is 59.7 Å². The maximum absolute atomic E-state index is 13.0. The third kappa shape index (κ3) is 4.06. The molecule has 2 aromatic carbocycles. The van der Waals surface area contributed by atoms with Gasteiger partial charge < -0.3 is 10.6 Å². The molecule has 1 heterocycles. The van der Waals surface area contributed by atoms with Crippen LogP contribution in [-0.2, 0) is 11.0 Å². The summed E-state index contributed by atoms with van der Waals surface area (Å²) in [5.41, 5.74) is -0.787. The Morgan fingerprint density at radius 1 is 1.03 bits per heavy atom. The summed E-state index contributed by atoms with van der Waals surface area (Å²) in [5.74, 6) is -1.02. The van der Waals surface area contributed by atoms with Crippen LogP contribution in [0.5, 0.6) is 0 Å². The van der Waals surface area contributed by atoms with E-state index in [1.807, 2.05) is 0 Å². The molecule has 3 N–H and O–H groups in total. The highest BCUT2D eigenvalue weighted by atomic mass is 19.4. The van der Waals surface area contributed by atoms with E-state index in [2.05, 4.69) is 16.0 Å². The average Bonchev–Trinajstić information content (AvgIpc) is 3.40. The van der Waals surface area contributed by atoms with Gasteiger partial charge in [0.1, 0.15) is 5.54 Å². The molecular formula is C23H22F3N3O3. The molecule has 0 bridgehead atoms. The summed E-state index contributed by atoms with van der Waals surface area (Å²) in [6.07, 6.45) is -1.02. The molecule has 1 aliphatic heterocycles.